The number of anilines is 1. The van der Waals surface area contributed by atoms with Crippen molar-refractivity contribution in [1.29, 1.82) is 0 Å². The summed E-state index contributed by atoms with van der Waals surface area (Å²) in [7, 11) is 0. The molecule has 1 aliphatic rings. The normalized spacial score (nSPS) is 22.5. The molecule has 1 aromatic carbocycles. The molecule has 4 nitrogen and oxygen atoms in total. The summed E-state index contributed by atoms with van der Waals surface area (Å²) in [5.74, 6) is -0.990. The van der Waals surface area contributed by atoms with Gasteiger partial charge in [0.05, 0.1) is 0 Å². The number of hydrogen-bond acceptors (Lipinski definition) is 2. The second kappa shape index (κ2) is 5.27. The van der Waals surface area contributed by atoms with E-state index in [0.29, 0.717) is 6.54 Å². The van der Waals surface area contributed by atoms with Crippen LogP contribution >= 0.6 is 0 Å². The first-order valence-electron chi connectivity index (χ1n) is 6.94. The molecule has 1 fully saturated rings. The molecule has 108 valence electrons. The fourth-order valence-electron chi connectivity index (χ4n) is 2.67. The van der Waals surface area contributed by atoms with Crippen molar-refractivity contribution in [3.63, 3.8) is 0 Å². The molecule has 2 rings (SSSR count). The fraction of sp³-hybridized carbons (Fsp3) is 0.500. The molecule has 20 heavy (non-hydrogen) atoms. The van der Waals surface area contributed by atoms with Crippen LogP contribution in [0.4, 0.5) is 5.69 Å². The molecule has 2 atom stereocenters. The van der Waals surface area contributed by atoms with E-state index in [9.17, 15) is 9.59 Å². The number of aryl methyl sites for hydroxylation is 1. The van der Waals surface area contributed by atoms with E-state index < -0.39 is 5.92 Å². The molecule has 0 saturated carbocycles. The average Bonchev–Trinajstić information content (AvgIpc) is 2.71. The van der Waals surface area contributed by atoms with E-state index in [0.717, 1.165) is 11.3 Å². The van der Waals surface area contributed by atoms with Crippen LogP contribution in [0.15, 0.2) is 24.3 Å². The summed E-state index contributed by atoms with van der Waals surface area (Å²) < 4.78 is 0. The van der Waals surface area contributed by atoms with Gasteiger partial charge in [-0.05, 0) is 30.0 Å². The average molecular weight is 274 g/mol. The summed E-state index contributed by atoms with van der Waals surface area (Å²) >= 11 is 0. The van der Waals surface area contributed by atoms with Gasteiger partial charge in [0.2, 0.25) is 11.8 Å². The Bertz CT molecular complexity index is 532. The Labute approximate surface area is 119 Å². The minimum absolute atomic E-state index is 0.0137. The van der Waals surface area contributed by atoms with Crippen LogP contribution in [-0.2, 0) is 9.59 Å². The summed E-state index contributed by atoms with van der Waals surface area (Å²) in [6, 6.07) is 7.59. The summed E-state index contributed by atoms with van der Waals surface area (Å²) in [6.07, 6.45) is 0. The van der Waals surface area contributed by atoms with Crippen LogP contribution in [0.2, 0.25) is 0 Å². The van der Waals surface area contributed by atoms with Crippen molar-refractivity contribution in [2.45, 2.75) is 27.7 Å². The van der Waals surface area contributed by atoms with Crippen molar-refractivity contribution in [1.82, 2.24) is 5.32 Å². The lowest BCUT2D eigenvalue weighted by molar-refractivity contribution is -0.132. The number of carbonyl (C=O) groups is 2. The molecular formula is C16H22N2O2. The zero-order valence-electron chi connectivity index (χ0n) is 12.5. The first kappa shape index (κ1) is 14.6. The van der Waals surface area contributed by atoms with Crippen LogP contribution in [0.5, 0.6) is 0 Å². The Balaban J connectivity index is 2.17. The van der Waals surface area contributed by atoms with Gasteiger partial charge in [-0.25, -0.2) is 0 Å². The molecule has 0 aromatic heterocycles. The molecule has 0 spiro atoms. The Morgan fingerprint density at radius 2 is 2.05 bits per heavy atom. The van der Waals surface area contributed by atoms with Gasteiger partial charge in [-0.3, -0.25) is 9.59 Å². The maximum Gasteiger partial charge on any atom is 0.237 e. The van der Waals surface area contributed by atoms with Crippen molar-refractivity contribution in [3.8, 4) is 0 Å². The quantitative estimate of drug-likeness (QED) is 0.813. The molecule has 4 heteroatoms. The van der Waals surface area contributed by atoms with E-state index in [2.05, 4.69) is 31.4 Å². The summed E-state index contributed by atoms with van der Waals surface area (Å²) in [4.78, 5) is 24.4. The molecule has 1 heterocycles. The van der Waals surface area contributed by atoms with E-state index in [1.807, 2.05) is 31.2 Å². The molecule has 1 aromatic rings. The monoisotopic (exact) mass is 274 g/mol. The predicted molar refractivity (Wildman–Crippen MR) is 79.3 cm³/mol. The van der Waals surface area contributed by atoms with Gasteiger partial charge >= 0.3 is 0 Å². The molecule has 0 radical (unpaired) electrons. The summed E-state index contributed by atoms with van der Waals surface area (Å²) in [5, 5.41) is 5.66. The van der Waals surface area contributed by atoms with Gasteiger partial charge in [0.25, 0.3) is 0 Å². The Kier molecular flexibility index (Phi) is 3.84. The minimum atomic E-state index is -0.615. The van der Waals surface area contributed by atoms with E-state index >= 15 is 0 Å². The van der Waals surface area contributed by atoms with Crippen LogP contribution in [0.25, 0.3) is 0 Å². The third-order valence-corrected chi connectivity index (χ3v) is 3.86. The van der Waals surface area contributed by atoms with Crippen LogP contribution < -0.4 is 10.6 Å². The van der Waals surface area contributed by atoms with Gasteiger partial charge in [0, 0.05) is 18.2 Å². The molecule has 0 aliphatic carbocycles. The second-order valence-electron chi connectivity index (χ2n) is 6.55. The van der Waals surface area contributed by atoms with Gasteiger partial charge in [0.1, 0.15) is 5.92 Å². The summed E-state index contributed by atoms with van der Waals surface area (Å²) in [6.45, 7) is 8.71. The van der Waals surface area contributed by atoms with Crippen molar-refractivity contribution in [3.05, 3.63) is 29.8 Å². The van der Waals surface area contributed by atoms with Gasteiger partial charge in [-0.1, -0.05) is 32.9 Å². The van der Waals surface area contributed by atoms with Crippen LogP contribution in [0, 0.1) is 24.2 Å². The topological polar surface area (TPSA) is 58.2 Å². The Hall–Kier alpha value is -1.84. The molecule has 2 amide bonds. The highest BCUT2D eigenvalue weighted by molar-refractivity contribution is 6.07. The number of carbonyl (C=O) groups excluding carboxylic acids is 2. The van der Waals surface area contributed by atoms with E-state index in [-0.39, 0.29) is 23.1 Å². The van der Waals surface area contributed by atoms with Crippen molar-refractivity contribution >= 4 is 17.5 Å². The van der Waals surface area contributed by atoms with Crippen molar-refractivity contribution < 1.29 is 9.59 Å². The van der Waals surface area contributed by atoms with Crippen LogP contribution in [-0.4, -0.2) is 18.4 Å². The maximum atomic E-state index is 12.4. The van der Waals surface area contributed by atoms with E-state index in [1.54, 1.807) is 0 Å². The minimum Gasteiger partial charge on any atom is -0.355 e. The van der Waals surface area contributed by atoms with E-state index in [1.165, 1.54) is 0 Å². The number of hydrogen-bond donors (Lipinski definition) is 2. The second-order valence-corrected chi connectivity index (χ2v) is 6.55. The van der Waals surface area contributed by atoms with Gasteiger partial charge < -0.3 is 10.6 Å². The molecule has 1 aliphatic heterocycles. The van der Waals surface area contributed by atoms with Crippen LogP contribution in [0.1, 0.15) is 26.3 Å². The highest BCUT2D eigenvalue weighted by Crippen LogP contribution is 2.35. The largest absolute Gasteiger partial charge is 0.355 e. The standard InChI is InChI=1S/C16H22N2O2/c1-10-6-5-7-11(8-10)18-15(20)13-12(16(2,3)4)9-17-14(13)19/h5-8,12-13H,9H2,1-4H3,(H,17,19)(H,18,20)/t12-,13+/m0/s1. The fourth-order valence-corrected chi connectivity index (χ4v) is 2.67. The van der Waals surface area contributed by atoms with Crippen molar-refractivity contribution in [2.24, 2.45) is 17.3 Å². The molecule has 2 N–H and O–H groups in total. The lowest BCUT2D eigenvalue weighted by Gasteiger charge is -2.29. The smallest absolute Gasteiger partial charge is 0.237 e. The lowest BCUT2D eigenvalue weighted by Crippen LogP contribution is -2.37. The van der Waals surface area contributed by atoms with Crippen molar-refractivity contribution in [2.75, 3.05) is 11.9 Å². The first-order chi connectivity index (χ1) is 9.29. The number of rotatable bonds is 2. The van der Waals surface area contributed by atoms with Gasteiger partial charge in [-0.15, -0.1) is 0 Å². The Morgan fingerprint density at radius 1 is 1.35 bits per heavy atom. The third kappa shape index (κ3) is 3.00. The lowest BCUT2D eigenvalue weighted by atomic mass is 9.74. The maximum absolute atomic E-state index is 12.4. The molecular weight excluding hydrogens is 252 g/mol. The third-order valence-electron chi connectivity index (χ3n) is 3.86. The number of benzene rings is 1. The predicted octanol–water partition coefficient (Wildman–Crippen LogP) is 2.34. The first-order valence-corrected chi connectivity index (χ1v) is 6.94. The Morgan fingerprint density at radius 3 is 2.65 bits per heavy atom. The van der Waals surface area contributed by atoms with E-state index in [4.69, 9.17) is 0 Å². The highest BCUT2D eigenvalue weighted by atomic mass is 16.2. The van der Waals surface area contributed by atoms with Gasteiger partial charge in [0.15, 0.2) is 0 Å². The van der Waals surface area contributed by atoms with Crippen LogP contribution in [0.3, 0.4) is 0 Å². The molecule has 0 unspecified atom stereocenters. The summed E-state index contributed by atoms with van der Waals surface area (Å²) in [5.41, 5.74) is 1.72. The number of amides is 2. The van der Waals surface area contributed by atoms with Gasteiger partial charge in [-0.2, -0.15) is 0 Å². The zero-order chi connectivity index (χ0) is 14.9. The SMILES string of the molecule is Cc1cccc(NC(=O)[C@H]2C(=O)NC[C@@H]2C(C)(C)C)c1. The molecule has 0 bridgehead atoms. The zero-order valence-corrected chi connectivity index (χ0v) is 12.5. The number of nitrogens with one attached hydrogen (secondary N) is 2. The molecule has 1 saturated heterocycles. The highest BCUT2D eigenvalue weighted by Gasteiger charge is 2.45.